The van der Waals surface area contributed by atoms with E-state index in [2.05, 4.69) is 0 Å². The predicted octanol–water partition coefficient (Wildman–Crippen LogP) is 0.921. The Morgan fingerprint density at radius 3 is 2.95 bits per heavy atom. The zero-order chi connectivity index (χ0) is 14.3. The third-order valence-electron chi connectivity index (χ3n) is 3.48. The van der Waals surface area contributed by atoms with Gasteiger partial charge in [0, 0.05) is 17.4 Å². The summed E-state index contributed by atoms with van der Waals surface area (Å²) in [5.41, 5.74) is -0.195. The van der Waals surface area contributed by atoms with Crippen LogP contribution in [0.1, 0.15) is 12.5 Å². The van der Waals surface area contributed by atoms with Crippen LogP contribution in [0.5, 0.6) is 0 Å². The molecular formula is C13H12N2O4S. The molecule has 1 saturated heterocycles. The molecule has 0 aromatic carbocycles. The number of nitrogens with zero attached hydrogens (tertiary/aromatic N) is 2. The number of carbonyl (C=O) groups is 2. The zero-order valence-electron chi connectivity index (χ0n) is 10.5. The summed E-state index contributed by atoms with van der Waals surface area (Å²) in [6, 6.07) is 2.97. The Morgan fingerprint density at radius 2 is 2.20 bits per heavy atom. The highest BCUT2D eigenvalue weighted by Gasteiger charge is 2.34. The highest BCUT2D eigenvalue weighted by atomic mass is 32.1. The summed E-state index contributed by atoms with van der Waals surface area (Å²) in [6.07, 6.45) is 2.08. The van der Waals surface area contributed by atoms with Gasteiger partial charge in [-0.3, -0.25) is 14.4 Å². The van der Waals surface area contributed by atoms with E-state index in [9.17, 15) is 14.4 Å². The van der Waals surface area contributed by atoms with Gasteiger partial charge in [0.15, 0.2) is 0 Å². The van der Waals surface area contributed by atoms with Gasteiger partial charge in [-0.25, -0.2) is 0 Å². The number of aliphatic carboxylic acids is 1. The van der Waals surface area contributed by atoms with Crippen molar-refractivity contribution in [3.05, 3.63) is 34.1 Å². The largest absolute Gasteiger partial charge is 0.480 e. The van der Waals surface area contributed by atoms with E-state index in [1.807, 2.05) is 11.4 Å². The second-order valence-electron chi connectivity index (χ2n) is 4.68. The Labute approximate surface area is 117 Å². The van der Waals surface area contributed by atoms with Gasteiger partial charge in [-0.2, -0.15) is 0 Å². The quantitative estimate of drug-likeness (QED) is 0.912. The van der Waals surface area contributed by atoms with Crippen LogP contribution in [0.3, 0.4) is 0 Å². The number of amides is 1. The van der Waals surface area contributed by atoms with Gasteiger partial charge in [-0.05, 0) is 23.9 Å². The molecule has 1 atom stereocenters. The molecule has 0 bridgehead atoms. The monoisotopic (exact) mass is 292 g/mol. The van der Waals surface area contributed by atoms with Crippen LogP contribution in [0, 0.1) is 0 Å². The molecule has 1 amide bonds. The highest BCUT2D eigenvalue weighted by Crippen LogP contribution is 2.24. The van der Waals surface area contributed by atoms with E-state index in [1.54, 1.807) is 12.3 Å². The lowest BCUT2D eigenvalue weighted by Crippen LogP contribution is -2.35. The molecule has 0 spiro atoms. The maximum Gasteiger partial charge on any atom is 0.323 e. The first-order valence-electron chi connectivity index (χ1n) is 6.17. The number of carboxylic acid groups (broad SMARTS) is 1. The van der Waals surface area contributed by atoms with Crippen LogP contribution in [0.25, 0.3) is 10.1 Å². The first-order chi connectivity index (χ1) is 9.58. The minimum absolute atomic E-state index is 0.195. The fourth-order valence-electron chi connectivity index (χ4n) is 2.53. The molecule has 1 unspecified atom stereocenters. The van der Waals surface area contributed by atoms with Gasteiger partial charge in [0.1, 0.15) is 12.6 Å². The molecule has 2 aromatic heterocycles. The van der Waals surface area contributed by atoms with Crippen molar-refractivity contribution in [1.29, 1.82) is 0 Å². The summed E-state index contributed by atoms with van der Waals surface area (Å²) in [5.74, 6) is -1.34. The molecule has 3 rings (SSSR count). The molecule has 1 fully saturated rings. The van der Waals surface area contributed by atoms with Crippen LogP contribution in [-0.2, 0) is 9.59 Å². The number of carboxylic acids is 1. The molecule has 0 radical (unpaired) electrons. The smallest absolute Gasteiger partial charge is 0.323 e. The summed E-state index contributed by atoms with van der Waals surface area (Å²) in [7, 11) is 0. The normalized spacial score (nSPS) is 18.9. The van der Waals surface area contributed by atoms with E-state index < -0.39 is 12.0 Å². The van der Waals surface area contributed by atoms with E-state index in [-0.39, 0.29) is 18.0 Å². The van der Waals surface area contributed by atoms with Gasteiger partial charge in [0.05, 0.1) is 5.39 Å². The molecule has 0 aliphatic carbocycles. The van der Waals surface area contributed by atoms with E-state index in [0.29, 0.717) is 18.4 Å². The van der Waals surface area contributed by atoms with Crippen molar-refractivity contribution >= 4 is 33.3 Å². The van der Waals surface area contributed by atoms with Gasteiger partial charge in [-0.1, -0.05) is 0 Å². The molecule has 1 aliphatic rings. The molecule has 2 aromatic rings. The van der Waals surface area contributed by atoms with E-state index in [1.165, 1.54) is 20.8 Å². The van der Waals surface area contributed by atoms with Gasteiger partial charge < -0.3 is 14.6 Å². The molecule has 7 heteroatoms. The lowest BCUT2D eigenvalue weighted by atomic mass is 10.2. The van der Waals surface area contributed by atoms with Gasteiger partial charge in [0.25, 0.3) is 5.56 Å². The topological polar surface area (TPSA) is 79.6 Å². The summed E-state index contributed by atoms with van der Waals surface area (Å²) in [6.45, 7) is 0.0503. The van der Waals surface area contributed by atoms with Crippen LogP contribution >= 0.6 is 11.3 Å². The lowest BCUT2D eigenvalue weighted by Gasteiger charge is -2.15. The van der Waals surface area contributed by atoms with Gasteiger partial charge in [0.2, 0.25) is 5.91 Å². The summed E-state index contributed by atoms with van der Waals surface area (Å²) >= 11 is 1.48. The first kappa shape index (κ1) is 12.9. The average molecular weight is 292 g/mol. The highest BCUT2D eigenvalue weighted by molar-refractivity contribution is 7.17. The molecule has 104 valence electrons. The van der Waals surface area contributed by atoms with Gasteiger partial charge in [-0.15, -0.1) is 11.3 Å². The Morgan fingerprint density at radius 1 is 1.40 bits per heavy atom. The number of aromatic nitrogens is 1. The van der Waals surface area contributed by atoms with Crippen LogP contribution < -0.4 is 5.56 Å². The second kappa shape index (κ2) is 4.75. The number of hydrogen-bond acceptors (Lipinski definition) is 4. The minimum Gasteiger partial charge on any atom is -0.480 e. The van der Waals surface area contributed by atoms with Crippen LogP contribution in [0.2, 0.25) is 0 Å². The van der Waals surface area contributed by atoms with E-state index in [0.717, 1.165) is 4.70 Å². The summed E-state index contributed by atoms with van der Waals surface area (Å²) in [4.78, 5) is 36.5. The molecule has 6 nitrogen and oxygen atoms in total. The van der Waals surface area contributed by atoms with Crippen molar-refractivity contribution in [3.8, 4) is 0 Å². The minimum atomic E-state index is -1.04. The van der Waals surface area contributed by atoms with Gasteiger partial charge >= 0.3 is 5.97 Å². The van der Waals surface area contributed by atoms with Crippen molar-refractivity contribution in [1.82, 2.24) is 9.47 Å². The van der Waals surface area contributed by atoms with Crippen molar-refractivity contribution in [2.24, 2.45) is 0 Å². The van der Waals surface area contributed by atoms with Crippen LogP contribution in [0.15, 0.2) is 28.5 Å². The zero-order valence-corrected chi connectivity index (χ0v) is 11.3. The summed E-state index contributed by atoms with van der Waals surface area (Å²) in [5, 5.41) is 11.2. The van der Waals surface area contributed by atoms with Crippen molar-refractivity contribution in [3.63, 3.8) is 0 Å². The van der Waals surface area contributed by atoms with Crippen molar-refractivity contribution in [2.45, 2.75) is 12.5 Å². The Bertz CT molecular complexity index is 748. The number of thiophene rings is 1. The van der Waals surface area contributed by atoms with Crippen LogP contribution in [0.4, 0.5) is 0 Å². The number of hydrogen-bond donors (Lipinski definition) is 1. The van der Waals surface area contributed by atoms with Crippen LogP contribution in [-0.4, -0.2) is 39.5 Å². The fourth-order valence-corrected chi connectivity index (χ4v) is 3.30. The molecule has 1 N–H and O–H groups in total. The maximum absolute atomic E-state index is 12.3. The van der Waals surface area contributed by atoms with E-state index >= 15 is 0 Å². The predicted molar refractivity (Wildman–Crippen MR) is 74.0 cm³/mol. The summed E-state index contributed by atoms with van der Waals surface area (Å²) < 4.78 is 2.30. The molecule has 0 saturated carbocycles. The number of pyridine rings is 1. The average Bonchev–Trinajstić information content (AvgIpc) is 2.99. The Kier molecular flexibility index (Phi) is 3.06. The third-order valence-corrected chi connectivity index (χ3v) is 4.36. The first-order valence-corrected chi connectivity index (χ1v) is 7.05. The van der Waals surface area contributed by atoms with Crippen molar-refractivity contribution < 1.29 is 14.7 Å². The maximum atomic E-state index is 12.3. The van der Waals surface area contributed by atoms with E-state index in [4.69, 9.17) is 5.11 Å². The molecule has 3 heterocycles. The molecular weight excluding hydrogens is 280 g/mol. The second-order valence-corrected chi connectivity index (χ2v) is 5.63. The number of likely N-dealkylation sites (tertiary alicyclic amines) is 1. The number of carbonyl (C=O) groups excluding carboxylic acids is 1. The Balaban J connectivity index is 1.96. The lowest BCUT2D eigenvalue weighted by molar-refractivity contribution is -0.143. The SMILES string of the molecule is O=C(O)CN1CCC(n2ccc3sccc3c2=O)C1=O. The third kappa shape index (κ3) is 2.00. The number of rotatable bonds is 3. The molecule has 20 heavy (non-hydrogen) atoms. The standard InChI is InChI=1S/C13H12N2O4S/c16-11(17)7-14-4-1-9(13(14)19)15-5-2-10-8(12(15)18)3-6-20-10/h2-3,5-6,9H,1,4,7H2,(H,16,17). The molecule has 1 aliphatic heterocycles. The van der Waals surface area contributed by atoms with Crippen molar-refractivity contribution in [2.75, 3.05) is 13.1 Å². The fraction of sp³-hybridized carbons (Fsp3) is 0.308. The number of fused-ring (bicyclic) bond motifs is 1. The Hall–Kier alpha value is -2.15.